The van der Waals surface area contributed by atoms with E-state index in [0.717, 1.165) is 12.0 Å². The van der Waals surface area contributed by atoms with Crippen LogP contribution in [0.4, 0.5) is 0 Å². The van der Waals surface area contributed by atoms with Crippen LogP contribution in [0.3, 0.4) is 0 Å². The van der Waals surface area contributed by atoms with E-state index in [1.54, 1.807) is 0 Å². The number of benzene rings is 1. The maximum absolute atomic E-state index is 12.0. The molecule has 1 aromatic carbocycles. The van der Waals surface area contributed by atoms with Gasteiger partial charge in [-0.25, -0.2) is 0 Å². The number of hydrogen-bond acceptors (Lipinski definition) is 3. The average Bonchev–Trinajstić information content (AvgIpc) is 2.98. The lowest BCUT2D eigenvalue weighted by Crippen LogP contribution is -2.36. The van der Waals surface area contributed by atoms with Crippen molar-refractivity contribution >= 4 is 18.4 Å². The summed E-state index contributed by atoms with van der Waals surface area (Å²) in [6.45, 7) is 0.382. The Morgan fingerprint density at radius 2 is 2.05 bits per heavy atom. The Labute approximate surface area is 120 Å². The van der Waals surface area contributed by atoms with Crippen molar-refractivity contribution in [2.75, 3.05) is 0 Å². The lowest BCUT2D eigenvalue weighted by Gasteiger charge is -2.12. The zero-order chi connectivity index (χ0) is 12.4. The molecule has 3 atom stereocenters. The van der Waals surface area contributed by atoms with Crippen LogP contribution >= 0.6 is 12.4 Å². The van der Waals surface area contributed by atoms with Gasteiger partial charge in [-0.2, -0.15) is 0 Å². The molecule has 3 rings (SSSR count). The van der Waals surface area contributed by atoms with Gasteiger partial charge in [0, 0.05) is 6.04 Å². The smallest absolute Gasteiger partial charge is 0.323 e. The number of hydrogen-bond donors (Lipinski definition) is 1. The summed E-state index contributed by atoms with van der Waals surface area (Å²) in [5.41, 5.74) is 1.05. The number of esters is 1. The highest BCUT2D eigenvalue weighted by molar-refractivity contribution is 5.85. The lowest BCUT2D eigenvalue weighted by molar-refractivity contribution is -0.147. The van der Waals surface area contributed by atoms with Crippen LogP contribution in [-0.2, 0) is 16.1 Å². The Morgan fingerprint density at radius 3 is 2.79 bits per heavy atom. The maximum Gasteiger partial charge on any atom is 0.323 e. The van der Waals surface area contributed by atoms with E-state index in [2.05, 4.69) is 5.32 Å². The van der Waals surface area contributed by atoms with Crippen molar-refractivity contribution in [2.45, 2.75) is 44.4 Å². The fourth-order valence-corrected chi connectivity index (χ4v) is 3.16. The van der Waals surface area contributed by atoms with Crippen molar-refractivity contribution < 1.29 is 9.53 Å². The summed E-state index contributed by atoms with van der Waals surface area (Å²) in [4.78, 5) is 12.0. The standard InChI is InChI=1S/C15H19NO2.ClH/c17-15(18-10-11-5-2-1-3-6-11)14-9-12-7-4-8-13(12)16-14;/h1-3,5-6,12-14,16H,4,7-10H2;1H/t12?,13?,14-;/m0./s1. The van der Waals surface area contributed by atoms with Gasteiger partial charge in [-0.15, -0.1) is 12.4 Å². The molecule has 3 nitrogen and oxygen atoms in total. The van der Waals surface area contributed by atoms with E-state index in [1.807, 2.05) is 30.3 Å². The molecule has 4 heteroatoms. The minimum absolute atomic E-state index is 0. The number of nitrogens with one attached hydrogen (secondary N) is 1. The lowest BCUT2D eigenvalue weighted by atomic mass is 10.0. The Morgan fingerprint density at radius 1 is 1.26 bits per heavy atom. The number of halogens is 1. The first-order valence-corrected chi connectivity index (χ1v) is 6.79. The molecular weight excluding hydrogens is 262 g/mol. The average molecular weight is 282 g/mol. The van der Waals surface area contributed by atoms with Gasteiger partial charge in [0.1, 0.15) is 12.6 Å². The van der Waals surface area contributed by atoms with Gasteiger partial charge in [-0.3, -0.25) is 4.79 Å². The number of carbonyl (C=O) groups is 1. The summed E-state index contributed by atoms with van der Waals surface area (Å²) in [5, 5.41) is 3.41. The molecule has 19 heavy (non-hydrogen) atoms. The van der Waals surface area contributed by atoms with Crippen LogP contribution in [0.25, 0.3) is 0 Å². The quantitative estimate of drug-likeness (QED) is 0.866. The van der Waals surface area contributed by atoms with E-state index in [9.17, 15) is 4.79 Å². The number of fused-ring (bicyclic) bond motifs is 1. The second kappa shape index (κ2) is 6.40. The van der Waals surface area contributed by atoms with E-state index >= 15 is 0 Å². The van der Waals surface area contributed by atoms with Crippen molar-refractivity contribution in [1.82, 2.24) is 5.32 Å². The third-order valence-corrected chi connectivity index (χ3v) is 4.12. The van der Waals surface area contributed by atoms with Gasteiger partial charge in [0.2, 0.25) is 0 Å². The van der Waals surface area contributed by atoms with Gasteiger partial charge < -0.3 is 10.1 Å². The minimum Gasteiger partial charge on any atom is -0.460 e. The number of ether oxygens (including phenoxy) is 1. The topological polar surface area (TPSA) is 38.3 Å². The van der Waals surface area contributed by atoms with Gasteiger partial charge in [0.25, 0.3) is 0 Å². The first-order chi connectivity index (χ1) is 8.83. The van der Waals surface area contributed by atoms with Crippen molar-refractivity contribution in [2.24, 2.45) is 5.92 Å². The van der Waals surface area contributed by atoms with Gasteiger partial charge >= 0.3 is 5.97 Å². The van der Waals surface area contributed by atoms with Crippen LogP contribution in [0.15, 0.2) is 30.3 Å². The summed E-state index contributed by atoms with van der Waals surface area (Å²) < 4.78 is 5.38. The molecule has 2 aliphatic rings. The fourth-order valence-electron chi connectivity index (χ4n) is 3.16. The van der Waals surface area contributed by atoms with Crippen LogP contribution in [0.5, 0.6) is 0 Å². The Kier molecular flexibility index (Phi) is 4.83. The molecule has 0 radical (unpaired) electrons. The molecule has 1 saturated carbocycles. The van der Waals surface area contributed by atoms with Gasteiger partial charge in [-0.05, 0) is 30.7 Å². The number of carbonyl (C=O) groups excluding carboxylic acids is 1. The summed E-state index contributed by atoms with van der Waals surface area (Å²) in [6.07, 6.45) is 4.74. The fraction of sp³-hybridized carbons (Fsp3) is 0.533. The van der Waals surface area contributed by atoms with Gasteiger partial charge in [-0.1, -0.05) is 36.8 Å². The highest BCUT2D eigenvalue weighted by Gasteiger charge is 2.40. The molecule has 1 aliphatic carbocycles. The third kappa shape index (κ3) is 3.28. The first kappa shape index (κ1) is 14.4. The summed E-state index contributed by atoms with van der Waals surface area (Å²) in [6, 6.07) is 10.3. The molecule has 1 aromatic rings. The zero-order valence-electron chi connectivity index (χ0n) is 10.9. The summed E-state index contributed by atoms with van der Waals surface area (Å²) in [5.74, 6) is 0.604. The summed E-state index contributed by atoms with van der Waals surface area (Å²) in [7, 11) is 0. The SMILES string of the molecule is Cl.O=C(OCc1ccccc1)[C@@H]1CC2CCCC2N1. The van der Waals surface area contributed by atoms with Crippen LogP contribution < -0.4 is 5.32 Å². The van der Waals surface area contributed by atoms with Crippen molar-refractivity contribution in [3.8, 4) is 0 Å². The Bertz CT molecular complexity index is 411. The molecule has 1 N–H and O–H groups in total. The molecule has 104 valence electrons. The summed E-state index contributed by atoms with van der Waals surface area (Å²) >= 11 is 0. The third-order valence-electron chi connectivity index (χ3n) is 4.12. The molecule has 2 fully saturated rings. The number of rotatable bonds is 3. The molecule has 0 aromatic heterocycles. The van der Waals surface area contributed by atoms with E-state index in [4.69, 9.17) is 4.74 Å². The predicted octanol–water partition coefficient (Wildman–Crippen LogP) is 2.68. The molecule has 1 heterocycles. The van der Waals surface area contributed by atoms with Gasteiger partial charge in [0.05, 0.1) is 0 Å². The monoisotopic (exact) mass is 281 g/mol. The first-order valence-electron chi connectivity index (χ1n) is 6.79. The molecule has 0 amide bonds. The highest BCUT2D eigenvalue weighted by atomic mass is 35.5. The molecule has 0 spiro atoms. The van der Waals surface area contributed by atoms with Gasteiger partial charge in [0.15, 0.2) is 0 Å². The zero-order valence-corrected chi connectivity index (χ0v) is 11.7. The van der Waals surface area contributed by atoms with E-state index in [0.29, 0.717) is 18.6 Å². The second-order valence-corrected chi connectivity index (χ2v) is 5.35. The second-order valence-electron chi connectivity index (χ2n) is 5.35. The highest BCUT2D eigenvalue weighted by Crippen LogP contribution is 2.34. The van der Waals surface area contributed by atoms with E-state index in [-0.39, 0.29) is 24.4 Å². The van der Waals surface area contributed by atoms with Crippen molar-refractivity contribution in [1.29, 1.82) is 0 Å². The molecule has 1 aliphatic heterocycles. The predicted molar refractivity (Wildman–Crippen MR) is 76.2 cm³/mol. The van der Waals surface area contributed by atoms with Crippen LogP contribution in [0, 0.1) is 5.92 Å². The molecule has 2 unspecified atom stereocenters. The molecule has 0 bridgehead atoms. The molecule has 1 saturated heterocycles. The Balaban J connectivity index is 0.00000133. The van der Waals surface area contributed by atoms with Crippen LogP contribution in [-0.4, -0.2) is 18.1 Å². The molecular formula is C15H20ClNO2. The normalized spacial score (nSPS) is 28.5. The van der Waals surface area contributed by atoms with Crippen LogP contribution in [0.1, 0.15) is 31.2 Å². The van der Waals surface area contributed by atoms with Crippen LogP contribution in [0.2, 0.25) is 0 Å². The largest absolute Gasteiger partial charge is 0.460 e. The van der Waals surface area contributed by atoms with Crippen molar-refractivity contribution in [3.63, 3.8) is 0 Å². The minimum atomic E-state index is -0.0896. The van der Waals surface area contributed by atoms with Crippen molar-refractivity contribution in [3.05, 3.63) is 35.9 Å². The van der Waals surface area contributed by atoms with E-state index < -0.39 is 0 Å². The van der Waals surface area contributed by atoms with E-state index in [1.165, 1.54) is 19.3 Å². The maximum atomic E-state index is 12.0. The Hall–Kier alpha value is -1.06.